The number of carbonyl (C=O) groups excluding carboxylic acids is 1. The number of hydrogen-bond donors (Lipinski definition) is 2. The molecule has 0 aromatic carbocycles. The van der Waals surface area contributed by atoms with Crippen LogP contribution < -0.4 is 5.32 Å². The third-order valence-corrected chi connectivity index (χ3v) is 4.10. The molecule has 2 amide bonds. The number of halogens is 1. The summed E-state index contributed by atoms with van der Waals surface area (Å²) in [6.45, 7) is 5.04. The molecule has 1 saturated heterocycles. The molecule has 1 aromatic heterocycles. The van der Waals surface area contributed by atoms with E-state index in [1.54, 1.807) is 23.2 Å². The number of aliphatic hydroxyl groups is 1. The molecule has 1 aliphatic heterocycles. The number of urea groups is 1. The maximum absolute atomic E-state index is 12.2. The summed E-state index contributed by atoms with van der Waals surface area (Å²) < 4.78 is 0. The quantitative estimate of drug-likeness (QED) is 0.830. The standard InChI is InChI=1S/C14H21ClN4O2/c1-2-11(10-20)18-6-8-19(9-7-18)14(21)17-12-4-3-5-16-13(12)15/h3-5,11,20H,2,6-10H2,1H3,(H,17,21). The number of aromatic nitrogens is 1. The second-order valence-electron chi connectivity index (χ2n) is 5.04. The second-order valence-corrected chi connectivity index (χ2v) is 5.40. The summed E-state index contributed by atoms with van der Waals surface area (Å²) in [5, 5.41) is 12.4. The Morgan fingerprint density at radius 2 is 2.19 bits per heavy atom. The molecule has 0 bridgehead atoms. The van der Waals surface area contributed by atoms with Gasteiger partial charge >= 0.3 is 6.03 Å². The van der Waals surface area contributed by atoms with Crippen molar-refractivity contribution in [2.24, 2.45) is 0 Å². The van der Waals surface area contributed by atoms with Gasteiger partial charge in [0.05, 0.1) is 12.3 Å². The molecule has 1 atom stereocenters. The number of anilines is 1. The van der Waals surface area contributed by atoms with E-state index in [2.05, 4.69) is 22.1 Å². The van der Waals surface area contributed by atoms with E-state index in [-0.39, 0.29) is 23.8 Å². The monoisotopic (exact) mass is 312 g/mol. The van der Waals surface area contributed by atoms with Gasteiger partial charge in [0.25, 0.3) is 0 Å². The van der Waals surface area contributed by atoms with Crippen LogP contribution in [0.1, 0.15) is 13.3 Å². The number of rotatable bonds is 4. The summed E-state index contributed by atoms with van der Waals surface area (Å²) in [6, 6.07) is 3.47. The number of nitrogens with one attached hydrogen (secondary N) is 1. The zero-order valence-corrected chi connectivity index (χ0v) is 12.9. The predicted molar refractivity (Wildman–Crippen MR) is 82.6 cm³/mol. The van der Waals surface area contributed by atoms with Gasteiger partial charge in [0.15, 0.2) is 5.15 Å². The van der Waals surface area contributed by atoms with Crippen LogP contribution in [-0.2, 0) is 0 Å². The zero-order valence-electron chi connectivity index (χ0n) is 12.1. The smallest absolute Gasteiger partial charge is 0.322 e. The Kier molecular flexibility index (Phi) is 5.78. The molecule has 1 aliphatic rings. The molecule has 0 saturated carbocycles. The van der Waals surface area contributed by atoms with Gasteiger partial charge in [0, 0.05) is 38.4 Å². The lowest BCUT2D eigenvalue weighted by atomic mass is 10.2. The number of nitrogens with zero attached hydrogens (tertiary/aromatic N) is 3. The minimum atomic E-state index is -0.165. The van der Waals surface area contributed by atoms with Gasteiger partial charge in [-0.3, -0.25) is 4.90 Å². The van der Waals surface area contributed by atoms with Gasteiger partial charge in [0.1, 0.15) is 0 Å². The van der Waals surface area contributed by atoms with Crippen molar-refractivity contribution in [2.75, 3.05) is 38.1 Å². The maximum Gasteiger partial charge on any atom is 0.322 e. The highest BCUT2D eigenvalue weighted by molar-refractivity contribution is 6.32. The average Bonchev–Trinajstić information content (AvgIpc) is 2.51. The van der Waals surface area contributed by atoms with Crippen LogP contribution in [0.2, 0.25) is 5.15 Å². The molecule has 6 nitrogen and oxygen atoms in total. The topological polar surface area (TPSA) is 68.7 Å². The molecule has 2 rings (SSSR count). The molecule has 0 aliphatic carbocycles. The summed E-state index contributed by atoms with van der Waals surface area (Å²) in [5.41, 5.74) is 0.522. The number of pyridine rings is 1. The van der Waals surface area contributed by atoms with Gasteiger partial charge in [0.2, 0.25) is 0 Å². The first kappa shape index (κ1) is 16.0. The van der Waals surface area contributed by atoms with E-state index in [9.17, 15) is 9.90 Å². The van der Waals surface area contributed by atoms with Crippen molar-refractivity contribution >= 4 is 23.3 Å². The van der Waals surface area contributed by atoms with Crippen molar-refractivity contribution in [3.05, 3.63) is 23.5 Å². The molecule has 116 valence electrons. The van der Waals surface area contributed by atoms with E-state index >= 15 is 0 Å². The Balaban J connectivity index is 1.87. The Labute approximate surface area is 129 Å². The largest absolute Gasteiger partial charge is 0.395 e. The first-order valence-corrected chi connectivity index (χ1v) is 7.54. The molecule has 2 N–H and O–H groups in total. The molecule has 0 spiro atoms. The van der Waals surface area contributed by atoms with Crippen molar-refractivity contribution in [1.29, 1.82) is 0 Å². The summed E-state index contributed by atoms with van der Waals surface area (Å²) in [7, 11) is 0. The normalized spacial score (nSPS) is 17.6. The lowest BCUT2D eigenvalue weighted by molar-refractivity contribution is 0.0766. The Bertz CT molecular complexity index is 474. The van der Waals surface area contributed by atoms with Crippen LogP contribution in [0.25, 0.3) is 0 Å². The average molecular weight is 313 g/mol. The van der Waals surface area contributed by atoms with Crippen LogP contribution in [0, 0.1) is 0 Å². The number of hydrogen-bond acceptors (Lipinski definition) is 4. The molecule has 1 aromatic rings. The fraction of sp³-hybridized carbons (Fsp3) is 0.571. The van der Waals surface area contributed by atoms with E-state index in [0.717, 1.165) is 19.5 Å². The maximum atomic E-state index is 12.2. The molecule has 0 radical (unpaired) electrons. The molecular weight excluding hydrogens is 292 g/mol. The third-order valence-electron chi connectivity index (χ3n) is 3.80. The van der Waals surface area contributed by atoms with Gasteiger partial charge < -0.3 is 15.3 Å². The van der Waals surface area contributed by atoms with Crippen LogP contribution in [0.15, 0.2) is 18.3 Å². The fourth-order valence-electron chi connectivity index (χ4n) is 2.47. The van der Waals surface area contributed by atoms with E-state index in [0.29, 0.717) is 18.8 Å². The highest BCUT2D eigenvalue weighted by atomic mass is 35.5. The molecule has 7 heteroatoms. The van der Waals surface area contributed by atoms with Gasteiger partial charge in [-0.05, 0) is 18.6 Å². The first-order valence-electron chi connectivity index (χ1n) is 7.17. The Morgan fingerprint density at radius 1 is 1.48 bits per heavy atom. The predicted octanol–water partition coefficient (Wildman–Crippen LogP) is 1.66. The van der Waals surface area contributed by atoms with Crippen LogP contribution in [0.4, 0.5) is 10.5 Å². The Morgan fingerprint density at radius 3 is 2.76 bits per heavy atom. The van der Waals surface area contributed by atoms with E-state index < -0.39 is 0 Å². The van der Waals surface area contributed by atoms with Gasteiger partial charge in [-0.1, -0.05) is 18.5 Å². The zero-order chi connectivity index (χ0) is 15.2. The number of carbonyl (C=O) groups is 1. The molecule has 2 heterocycles. The van der Waals surface area contributed by atoms with Crippen LogP contribution in [0.5, 0.6) is 0 Å². The van der Waals surface area contributed by atoms with Crippen molar-refractivity contribution in [3.63, 3.8) is 0 Å². The summed E-state index contributed by atoms with van der Waals surface area (Å²) >= 11 is 5.93. The molecule has 1 unspecified atom stereocenters. The second kappa shape index (κ2) is 7.59. The summed E-state index contributed by atoms with van der Waals surface area (Å²) in [4.78, 5) is 20.1. The van der Waals surface area contributed by atoms with E-state index in [4.69, 9.17) is 11.6 Å². The lowest BCUT2D eigenvalue weighted by Gasteiger charge is -2.38. The Hall–Kier alpha value is -1.37. The van der Waals surface area contributed by atoms with E-state index in [1.165, 1.54) is 0 Å². The van der Waals surface area contributed by atoms with E-state index in [1.807, 2.05) is 0 Å². The minimum absolute atomic E-state index is 0.161. The van der Waals surface area contributed by atoms with Gasteiger partial charge in [-0.15, -0.1) is 0 Å². The van der Waals surface area contributed by atoms with Crippen LogP contribution >= 0.6 is 11.6 Å². The van der Waals surface area contributed by atoms with Crippen molar-refractivity contribution in [1.82, 2.24) is 14.8 Å². The van der Waals surface area contributed by atoms with Crippen molar-refractivity contribution < 1.29 is 9.90 Å². The number of aliphatic hydroxyl groups excluding tert-OH is 1. The van der Waals surface area contributed by atoms with Gasteiger partial charge in [-0.2, -0.15) is 0 Å². The highest BCUT2D eigenvalue weighted by Gasteiger charge is 2.25. The summed E-state index contributed by atoms with van der Waals surface area (Å²) in [6.07, 6.45) is 2.49. The van der Waals surface area contributed by atoms with Crippen molar-refractivity contribution in [2.45, 2.75) is 19.4 Å². The lowest BCUT2D eigenvalue weighted by Crippen LogP contribution is -2.53. The molecule has 1 fully saturated rings. The van der Waals surface area contributed by atoms with Gasteiger partial charge in [-0.25, -0.2) is 9.78 Å². The third kappa shape index (κ3) is 4.06. The van der Waals surface area contributed by atoms with Crippen LogP contribution in [-0.4, -0.2) is 64.7 Å². The van der Waals surface area contributed by atoms with Crippen molar-refractivity contribution in [3.8, 4) is 0 Å². The number of piperazine rings is 1. The fourth-order valence-corrected chi connectivity index (χ4v) is 2.63. The first-order chi connectivity index (χ1) is 10.2. The highest BCUT2D eigenvalue weighted by Crippen LogP contribution is 2.18. The molecule has 21 heavy (non-hydrogen) atoms. The minimum Gasteiger partial charge on any atom is -0.395 e. The SMILES string of the molecule is CCC(CO)N1CCN(C(=O)Nc2cccnc2Cl)CC1. The number of amides is 2. The van der Waals surface area contributed by atoms with Crippen LogP contribution in [0.3, 0.4) is 0 Å². The molecular formula is C14H21ClN4O2. The summed E-state index contributed by atoms with van der Waals surface area (Å²) in [5.74, 6) is 0.